The first-order valence-electron chi connectivity index (χ1n) is 10.1. The second-order valence-electron chi connectivity index (χ2n) is 7.31. The van der Waals surface area contributed by atoms with Crippen LogP contribution >= 0.6 is 11.6 Å². The van der Waals surface area contributed by atoms with Crippen LogP contribution in [0.2, 0.25) is 5.02 Å². The maximum atomic E-state index is 12.8. The first-order chi connectivity index (χ1) is 16.4. The molecule has 2 N–H and O–H groups in total. The third kappa shape index (κ3) is 4.87. The summed E-state index contributed by atoms with van der Waals surface area (Å²) in [4.78, 5) is 37.2. The van der Waals surface area contributed by atoms with Gasteiger partial charge in [0.05, 0.1) is 18.4 Å². The number of nitrogens with one attached hydrogen (secondary N) is 1. The number of carboxylic acid groups (broad SMARTS) is 1. The number of hydrogen-bond donors (Lipinski definition) is 2. The summed E-state index contributed by atoms with van der Waals surface area (Å²) in [6.45, 7) is 0.208. The number of rotatable bonds is 7. The number of carbonyl (C=O) groups is 3. The fourth-order valence-electron chi connectivity index (χ4n) is 3.35. The van der Waals surface area contributed by atoms with Crippen LogP contribution in [0.1, 0.15) is 21.5 Å². The van der Waals surface area contributed by atoms with Crippen molar-refractivity contribution < 1.29 is 29.0 Å². The largest absolute Gasteiger partial charge is 0.493 e. The van der Waals surface area contributed by atoms with E-state index in [1.165, 1.54) is 25.3 Å². The zero-order valence-corrected chi connectivity index (χ0v) is 18.7. The summed E-state index contributed by atoms with van der Waals surface area (Å²) in [7, 11) is 1.49. The molecule has 1 aliphatic heterocycles. The number of nitrogens with zero attached hydrogens (tertiary/aromatic N) is 1. The Morgan fingerprint density at radius 1 is 1.06 bits per heavy atom. The third-order valence-corrected chi connectivity index (χ3v) is 5.27. The molecule has 1 heterocycles. The highest BCUT2D eigenvalue weighted by Gasteiger charge is 2.35. The molecule has 0 atom stereocenters. The summed E-state index contributed by atoms with van der Waals surface area (Å²) in [6.07, 6.45) is 1.54. The summed E-state index contributed by atoms with van der Waals surface area (Å²) >= 11 is 5.98. The molecule has 8 nitrogen and oxygen atoms in total. The molecular weight excluding hydrogens is 460 g/mol. The van der Waals surface area contributed by atoms with Crippen molar-refractivity contribution >= 4 is 41.3 Å². The SMILES string of the molecule is COc1cc(C=C2NC(=O)N(c3cccc(Cl)c3)C2=O)ccc1OCc1ccc(C(=O)O)cc1. The number of carbonyl (C=O) groups excluding carboxylic acids is 2. The average Bonchev–Trinajstić information content (AvgIpc) is 3.10. The minimum Gasteiger partial charge on any atom is -0.493 e. The zero-order chi connectivity index (χ0) is 24.2. The maximum Gasteiger partial charge on any atom is 0.335 e. The van der Waals surface area contributed by atoms with Gasteiger partial charge in [-0.1, -0.05) is 35.9 Å². The molecule has 1 saturated heterocycles. The van der Waals surface area contributed by atoms with E-state index in [1.807, 2.05) is 0 Å². The van der Waals surface area contributed by atoms with Crippen LogP contribution in [0.25, 0.3) is 6.08 Å². The fourth-order valence-corrected chi connectivity index (χ4v) is 3.53. The van der Waals surface area contributed by atoms with E-state index in [1.54, 1.807) is 54.6 Å². The van der Waals surface area contributed by atoms with Crippen molar-refractivity contribution in [2.24, 2.45) is 0 Å². The molecule has 0 aromatic heterocycles. The van der Waals surface area contributed by atoms with Gasteiger partial charge in [0.2, 0.25) is 0 Å². The number of urea groups is 1. The van der Waals surface area contributed by atoms with Gasteiger partial charge in [0, 0.05) is 5.02 Å². The standard InChI is InChI=1S/C25H19ClN2O6/c1-33-22-12-16(7-10-21(22)34-14-15-5-8-17(9-6-15)24(30)31)11-20-23(29)28(25(32)27-20)19-4-2-3-18(26)13-19/h2-13H,14H2,1H3,(H,27,32)(H,30,31). The molecule has 0 unspecified atom stereocenters. The Hall–Kier alpha value is -4.30. The number of hydrogen-bond acceptors (Lipinski definition) is 5. The van der Waals surface area contributed by atoms with Crippen molar-refractivity contribution in [2.75, 3.05) is 12.0 Å². The summed E-state index contributed by atoms with van der Waals surface area (Å²) in [6, 6.07) is 17.3. The molecule has 1 fully saturated rings. The third-order valence-electron chi connectivity index (χ3n) is 5.04. The van der Waals surface area contributed by atoms with Gasteiger partial charge < -0.3 is 19.9 Å². The number of aromatic carboxylic acids is 1. The average molecular weight is 479 g/mol. The topological polar surface area (TPSA) is 105 Å². The molecule has 0 bridgehead atoms. The molecule has 3 aromatic rings. The van der Waals surface area contributed by atoms with Gasteiger partial charge in [0.25, 0.3) is 5.91 Å². The Morgan fingerprint density at radius 3 is 2.50 bits per heavy atom. The molecule has 0 aliphatic carbocycles. The lowest BCUT2D eigenvalue weighted by molar-refractivity contribution is -0.113. The minimum atomic E-state index is -0.994. The van der Waals surface area contributed by atoms with E-state index in [9.17, 15) is 14.4 Å². The zero-order valence-electron chi connectivity index (χ0n) is 17.9. The summed E-state index contributed by atoms with van der Waals surface area (Å²) in [5, 5.41) is 12.0. The number of ether oxygens (including phenoxy) is 2. The summed E-state index contributed by atoms with van der Waals surface area (Å²) < 4.78 is 11.2. The highest BCUT2D eigenvalue weighted by Crippen LogP contribution is 2.31. The van der Waals surface area contributed by atoms with E-state index in [2.05, 4.69) is 5.32 Å². The lowest BCUT2D eigenvalue weighted by Crippen LogP contribution is -2.30. The summed E-state index contributed by atoms with van der Waals surface area (Å²) in [5.41, 5.74) is 2.08. The number of imide groups is 1. The summed E-state index contributed by atoms with van der Waals surface area (Å²) in [5.74, 6) is -0.600. The van der Waals surface area contributed by atoms with Gasteiger partial charge >= 0.3 is 12.0 Å². The Morgan fingerprint density at radius 2 is 1.82 bits per heavy atom. The minimum absolute atomic E-state index is 0.110. The molecule has 34 heavy (non-hydrogen) atoms. The van der Waals surface area contributed by atoms with Gasteiger partial charge in [-0.15, -0.1) is 0 Å². The number of amides is 3. The van der Waals surface area contributed by atoms with Crippen LogP contribution in [-0.2, 0) is 11.4 Å². The molecule has 3 aromatic carbocycles. The predicted octanol–water partition coefficient (Wildman–Crippen LogP) is 4.72. The number of benzene rings is 3. The van der Waals surface area contributed by atoms with Gasteiger partial charge in [0.15, 0.2) is 11.5 Å². The molecule has 0 radical (unpaired) electrons. The smallest absolute Gasteiger partial charge is 0.335 e. The van der Waals surface area contributed by atoms with E-state index in [4.69, 9.17) is 26.2 Å². The van der Waals surface area contributed by atoms with Gasteiger partial charge in [0.1, 0.15) is 12.3 Å². The molecule has 172 valence electrons. The van der Waals surface area contributed by atoms with Crippen LogP contribution in [0.15, 0.2) is 72.4 Å². The molecule has 0 saturated carbocycles. The fraction of sp³-hybridized carbons (Fsp3) is 0.0800. The number of methoxy groups -OCH3 is 1. The van der Waals surface area contributed by atoms with Crippen LogP contribution in [-0.4, -0.2) is 30.1 Å². The first-order valence-corrected chi connectivity index (χ1v) is 10.5. The molecule has 4 rings (SSSR count). The Balaban J connectivity index is 1.50. The van der Waals surface area contributed by atoms with Crippen molar-refractivity contribution in [1.82, 2.24) is 5.32 Å². The second-order valence-corrected chi connectivity index (χ2v) is 7.75. The predicted molar refractivity (Wildman–Crippen MR) is 126 cm³/mol. The van der Waals surface area contributed by atoms with Gasteiger partial charge in [-0.3, -0.25) is 4.79 Å². The van der Waals surface area contributed by atoms with E-state index in [-0.39, 0.29) is 17.9 Å². The second kappa shape index (κ2) is 9.68. The van der Waals surface area contributed by atoms with Crippen molar-refractivity contribution in [2.45, 2.75) is 6.61 Å². The normalized spacial score (nSPS) is 14.3. The molecule has 3 amide bonds. The van der Waals surface area contributed by atoms with E-state index < -0.39 is 17.9 Å². The quantitative estimate of drug-likeness (QED) is 0.376. The van der Waals surface area contributed by atoms with Crippen LogP contribution in [0.4, 0.5) is 10.5 Å². The maximum absolute atomic E-state index is 12.8. The van der Waals surface area contributed by atoms with E-state index in [0.29, 0.717) is 27.8 Å². The van der Waals surface area contributed by atoms with Gasteiger partial charge in [-0.25, -0.2) is 14.5 Å². The molecule has 1 aliphatic rings. The van der Waals surface area contributed by atoms with E-state index in [0.717, 1.165) is 10.5 Å². The van der Waals surface area contributed by atoms with Crippen molar-refractivity contribution in [3.63, 3.8) is 0 Å². The highest BCUT2D eigenvalue weighted by molar-refractivity contribution is 6.32. The van der Waals surface area contributed by atoms with Crippen LogP contribution in [0.3, 0.4) is 0 Å². The number of halogens is 1. The Labute approximate surface area is 200 Å². The monoisotopic (exact) mass is 478 g/mol. The lowest BCUT2D eigenvalue weighted by atomic mass is 10.1. The Kier molecular flexibility index (Phi) is 6.51. The molecular formula is C25H19ClN2O6. The Bertz CT molecular complexity index is 1300. The van der Waals surface area contributed by atoms with Gasteiger partial charge in [-0.05, 0) is 59.7 Å². The highest BCUT2D eigenvalue weighted by atomic mass is 35.5. The van der Waals surface area contributed by atoms with Crippen molar-refractivity contribution in [3.05, 3.63) is 94.1 Å². The van der Waals surface area contributed by atoms with Crippen LogP contribution < -0.4 is 19.7 Å². The van der Waals surface area contributed by atoms with E-state index >= 15 is 0 Å². The van der Waals surface area contributed by atoms with Gasteiger partial charge in [-0.2, -0.15) is 0 Å². The van der Waals surface area contributed by atoms with Crippen molar-refractivity contribution in [1.29, 1.82) is 0 Å². The molecule has 0 spiro atoms. The van der Waals surface area contributed by atoms with Crippen LogP contribution in [0.5, 0.6) is 11.5 Å². The number of carboxylic acids is 1. The molecule has 9 heteroatoms. The first kappa shape index (κ1) is 22.9. The number of anilines is 1. The lowest BCUT2D eigenvalue weighted by Gasteiger charge is -2.12. The van der Waals surface area contributed by atoms with Crippen LogP contribution in [0, 0.1) is 0 Å². The van der Waals surface area contributed by atoms with Crippen molar-refractivity contribution in [3.8, 4) is 11.5 Å².